The third-order valence-corrected chi connectivity index (χ3v) is 4.00. The van der Waals surface area contributed by atoms with E-state index in [1.165, 1.54) is 6.26 Å². The Bertz CT molecular complexity index is 728. The topological polar surface area (TPSA) is 67.8 Å². The molecule has 18 heavy (non-hydrogen) atoms. The van der Waals surface area contributed by atoms with E-state index < -0.39 is 9.84 Å². The summed E-state index contributed by atoms with van der Waals surface area (Å²) in [5, 5.41) is 0. The molecule has 0 aliphatic carbocycles. The highest BCUT2D eigenvalue weighted by Gasteiger charge is 2.07. The summed E-state index contributed by atoms with van der Waals surface area (Å²) in [4.78, 5) is 7.41. The number of aromatic nitrogens is 3. The quantitative estimate of drug-likeness (QED) is 0.870. The van der Waals surface area contributed by atoms with Gasteiger partial charge in [0.05, 0.1) is 11.3 Å². The normalized spacial score (nSPS) is 12.1. The van der Waals surface area contributed by atoms with E-state index >= 15 is 0 Å². The van der Waals surface area contributed by atoms with Crippen LogP contribution in [0.25, 0.3) is 11.2 Å². The minimum atomic E-state index is -2.93. The Morgan fingerprint density at radius 1 is 1.50 bits per heavy atom. The van der Waals surface area contributed by atoms with Crippen molar-refractivity contribution in [2.45, 2.75) is 19.9 Å². The number of aryl methyl sites for hydroxylation is 2. The SMILES string of the molecule is Cc1cnc2c(c1)[nH]c(=S)n2CCCS(C)(=O)=O. The first-order valence-corrected chi connectivity index (χ1v) is 8.06. The van der Waals surface area contributed by atoms with Crippen molar-refractivity contribution in [2.75, 3.05) is 12.0 Å². The lowest BCUT2D eigenvalue weighted by atomic mass is 10.3. The van der Waals surface area contributed by atoms with E-state index in [1.54, 1.807) is 6.20 Å². The van der Waals surface area contributed by atoms with Gasteiger partial charge in [-0.25, -0.2) is 13.4 Å². The first kappa shape index (κ1) is 13.2. The van der Waals surface area contributed by atoms with Crippen LogP contribution in [0, 0.1) is 11.7 Å². The number of fused-ring (bicyclic) bond motifs is 1. The molecule has 2 aromatic rings. The third kappa shape index (κ3) is 2.97. The van der Waals surface area contributed by atoms with Gasteiger partial charge in [-0.05, 0) is 37.2 Å². The highest BCUT2D eigenvalue weighted by molar-refractivity contribution is 7.90. The molecule has 2 rings (SSSR count). The monoisotopic (exact) mass is 285 g/mol. The molecule has 0 saturated heterocycles. The van der Waals surface area contributed by atoms with Gasteiger partial charge in [0, 0.05) is 19.0 Å². The van der Waals surface area contributed by atoms with Gasteiger partial charge in [-0.1, -0.05) is 0 Å². The predicted octanol–water partition coefficient (Wildman–Crippen LogP) is 1.84. The van der Waals surface area contributed by atoms with Gasteiger partial charge in [0.15, 0.2) is 10.4 Å². The zero-order valence-electron chi connectivity index (χ0n) is 10.3. The number of sulfone groups is 1. The summed E-state index contributed by atoms with van der Waals surface area (Å²) in [5.74, 6) is 0.160. The Kier molecular flexibility index (Phi) is 3.54. The van der Waals surface area contributed by atoms with E-state index in [0.717, 1.165) is 16.7 Å². The molecule has 0 aromatic carbocycles. The number of hydrogen-bond acceptors (Lipinski definition) is 4. The maximum absolute atomic E-state index is 11.1. The number of nitrogens with one attached hydrogen (secondary N) is 1. The minimum absolute atomic E-state index is 0.160. The number of pyridine rings is 1. The smallest absolute Gasteiger partial charge is 0.179 e. The average molecular weight is 285 g/mol. The van der Waals surface area contributed by atoms with Gasteiger partial charge in [0.1, 0.15) is 9.84 Å². The molecule has 2 heterocycles. The largest absolute Gasteiger partial charge is 0.329 e. The van der Waals surface area contributed by atoms with Gasteiger partial charge in [-0.2, -0.15) is 0 Å². The summed E-state index contributed by atoms with van der Waals surface area (Å²) in [7, 11) is -2.93. The molecule has 0 saturated carbocycles. The summed E-state index contributed by atoms with van der Waals surface area (Å²) in [5.41, 5.74) is 2.72. The van der Waals surface area contributed by atoms with Gasteiger partial charge in [0.2, 0.25) is 0 Å². The standard InChI is InChI=1S/C11H15N3O2S2/c1-8-6-9-10(12-7-8)14(11(17)13-9)4-3-5-18(2,15)16/h6-7H,3-5H2,1-2H3,(H,13,17). The molecule has 2 aromatic heterocycles. The lowest BCUT2D eigenvalue weighted by Gasteiger charge is -2.03. The van der Waals surface area contributed by atoms with Gasteiger partial charge < -0.3 is 9.55 Å². The van der Waals surface area contributed by atoms with Crippen molar-refractivity contribution in [3.8, 4) is 0 Å². The maximum Gasteiger partial charge on any atom is 0.179 e. The minimum Gasteiger partial charge on any atom is -0.329 e. The van der Waals surface area contributed by atoms with Crippen molar-refractivity contribution < 1.29 is 8.42 Å². The number of aromatic amines is 1. The molecule has 0 aliphatic rings. The fourth-order valence-corrected chi connectivity index (χ4v) is 2.78. The molecule has 0 bridgehead atoms. The fraction of sp³-hybridized carbons (Fsp3) is 0.455. The Morgan fingerprint density at radius 2 is 2.22 bits per heavy atom. The second-order valence-electron chi connectivity index (χ2n) is 4.45. The van der Waals surface area contributed by atoms with Crippen molar-refractivity contribution in [2.24, 2.45) is 0 Å². The van der Waals surface area contributed by atoms with Crippen molar-refractivity contribution in [1.29, 1.82) is 0 Å². The Labute approximate surface area is 111 Å². The van der Waals surface area contributed by atoms with Crippen LogP contribution in [0.1, 0.15) is 12.0 Å². The van der Waals surface area contributed by atoms with Crippen LogP contribution in [0.2, 0.25) is 0 Å². The number of H-pyrrole nitrogens is 1. The van der Waals surface area contributed by atoms with E-state index in [0.29, 0.717) is 17.7 Å². The summed E-state index contributed by atoms with van der Waals surface area (Å²) in [6.07, 6.45) is 3.55. The van der Waals surface area contributed by atoms with Crippen molar-refractivity contribution >= 4 is 33.2 Å². The van der Waals surface area contributed by atoms with Crippen molar-refractivity contribution in [3.05, 3.63) is 22.6 Å². The molecule has 98 valence electrons. The number of rotatable bonds is 4. The molecule has 0 aliphatic heterocycles. The van der Waals surface area contributed by atoms with Crippen LogP contribution in [0.4, 0.5) is 0 Å². The van der Waals surface area contributed by atoms with E-state index in [9.17, 15) is 8.42 Å². The summed E-state index contributed by atoms with van der Waals surface area (Å²) >= 11 is 5.22. The van der Waals surface area contributed by atoms with E-state index in [2.05, 4.69) is 9.97 Å². The van der Waals surface area contributed by atoms with Crippen LogP contribution in [0.3, 0.4) is 0 Å². The Hall–Kier alpha value is -1.21. The Balaban J connectivity index is 2.28. The van der Waals surface area contributed by atoms with E-state index in [-0.39, 0.29) is 5.75 Å². The number of imidazole rings is 1. The molecule has 0 spiro atoms. The summed E-state index contributed by atoms with van der Waals surface area (Å²) in [6.45, 7) is 2.52. The molecule has 0 unspecified atom stereocenters. The Morgan fingerprint density at radius 3 is 2.89 bits per heavy atom. The molecule has 7 heteroatoms. The molecular weight excluding hydrogens is 270 g/mol. The van der Waals surface area contributed by atoms with Crippen LogP contribution < -0.4 is 0 Å². The first-order chi connectivity index (χ1) is 8.37. The van der Waals surface area contributed by atoms with Crippen LogP contribution in [-0.4, -0.2) is 35.0 Å². The highest BCUT2D eigenvalue weighted by Crippen LogP contribution is 2.13. The van der Waals surface area contributed by atoms with Gasteiger partial charge >= 0.3 is 0 Å². The summed E-state index contributed by atoms with van der Waals surface area (Å²) in [6, 6.07) is 1.98. The molecule has 0 radical (unpaired) electrons. The second kappa shape index (κ2) is 4.81. The van der Waals surface area contributed by atoms with Crippen LogP contribution in [0.15, 0.2) is 12.3 Å². The van der Waals surface area contributed by atoms with E-state index in [1.807, 2.05) is 17.6 Å². The second-order valence-corrected chi connectivity index (χ2v) is 7.10. The molecular formula is C11H15N3O2S2. The maximum atomic E-state index is 11.1. The lowest BCUT2D eigenvalue weighted by Crippen LogP contribution is -2.07. The third-order valence-electron chi connectivity index (χ3n) is 2.64. The predicted molar refractivity (Wildman–Crippen MR) is 74.0 cm³/mol. The zero-order chi connectivity index (χ0) is 13.3. The summed E-state index contributed by atoms with van der Waals surface area (Å²) < 4.78 is 24.6. The van der Waals surface area contributed by atoms with Crippen molar-refractivity contribution in [1.82, 2.24) is 14.5 Å². The number of nitrogens with zero attached hydrogens (tertiary/aromatic N) is 2. The van der Waals surface area contributed by atoms with Crippen LogP contribution in [0.5, 0.6) is 0 Å². The van der Waals surface area contributed by atoms with Crippen LogP contribution in [-0.2, 0) is 16.4 Å². The lowest BCUT2D eigenvalue weighted by molar-refractivity contribution is 0.592. The van der Waals surface area contributed by atoms with Gasteiger partial charge in [-0.3, -0.25) is 0 Å². The molecule has 0 atom stereocenters. The molecule has 1 N–H and O–H groups in total. The average Bonchev–Trinajstić information content (AvgIpc) is 2.52. The highest BCUT2D eigenvalue weighted by atomic mass is 32.2. The van der Waals surface area contributed by atoms with Gasteiger partial charge in [-0.15, -0.1) is 0 Å². The van der Waals surface area contributed by atoms with E-state index in [4.69, 9.17) is 12.2 Å². The molecule has 0 amide bonds. The zero-order valence-corrected chi connectivity index (χ0v) is 11.9. The number of hydrogen-bond donors (Lipinski definition) is 1. The van der Waals surface area contributed by atoms with Crippen LogP contribution >= 0.6 is 12.2 Å². The van der Waals surface area contributed by atoms with Crippen molar-refractivity contribution in [3.63, 3.8) is 0 Å². The first-order valence-electron chi connectivity index (χ1n) is 5.60. The fourth-order valence-electron chi connectivity index (χ4n) is 1.84. The molecule has 0 fully saturated rings. The molecule has 5 nitrogen and oxygen atoms in total. The van der Waals surface area contributed by atoms with Gasteiger partial charge in [0.25, 0.3) is 0 Å².